The predicted molar refractivity (Wildman–Crippen MR) is 112 cm³/mol. The lowest BCUT2D eigenvalue weighted by Crippen LogP contribution is -2.47. The van der Waals surface area contributed by atoms with Crippen molar-refractivity contribution in [2.24, 2.45) is 5.14 Å². The van der Waals surface area contributed by atoms with Crippen LogP contribution in [0.25, 0.3) is 0 Å². The molecule has 2 N–H and O–H groups in total. The Bertz CT molecular complexity index is 1130. The van der Waals surface area contributed by atoms with Crippen molar-refractivity contribution in [1.82, 2.24) is 0 Å². The molecule has 1 aliphatic heterocycles. The van der Waals surface area contributed by atoms with E-state index in [-0.39, 0.29) is 15.6 Å². The summed E-state index contributed by atoms with van der Waals surface area (Å²) in [5, 5.41) is 5.15. The van der Waals surface area contributed by atoms with Crippen LogP contribution in [0.5, 0.6) is 0 Å². The standard InChI is InChI=1S/C19H23N3O5S2/c1-14(23)15-3-5-16(6-4-15)21-9-11-22(12-10-21)18-8-7-17(29(20,26)27)13-19(18)28(2,24)25/h3-8,13H,9-12H2,1-2H3,(H2,20,26,27). The van der Waals surface area contributed by atoms with Gasteiger partial charge < -0.3 is 9.80 Å². The van der Waals surface area contributed by atoms with Gasteiger partial charge in [0.15, 0.2) is 15.6 Å². The fraction of sp³-hybridized carbons (Fsp3) is 0.316. The summed E-state index contributed by atoms with van der Waals surface area (Å²) in [6, 6.07) is 11.3. The third-order valence-electron chi connectivity index (χ3n) is 4.92. The Labute approximate surface area is 170 Å². The molecule has 1 saturated heterocycles. The molecule has 156 valence electrons. The first-order chi connectivity index (χ1) is 13.5. The summed E-state index contributed by atoms with van der Waals surface area (Å²) in [7, 11) is -7.65. The number of carbonyl (C=O) groups excluding carboxylic acids is 1. The predicted octanol–water partition coefficient (Wildman–Crippen LogP) is 1.27. The SMILES string of the molecule is CC(=O)c1ccc(N2CCN(c3ccc(S(N)(=O)=O)cc3S(C)(=O)=O)CC2)cc1. The maximum Gasteiger partial charge on any atom is 0.238 e. The molecule has 0 aliphatic carbocycles. The molecule has 3 rings (SSSR count). The van der Waals surface area contributed by atoms with Crippen molar-refractivity contribution < 1.29 is 21.6 Å². The molecule has 0 amide bonds. The number of Topliss-reactive ketones (excluding diaryl/α,β-unsaturated/α-hetero) is 1. The second kappa shape index (κ2) is 7.77. The van der Waals surface area contributed by atoms with Gasteiger partial charge in [0.05, 0.1) is 15.5 Å². The monoisotopic (exact) mass is 437 g/mol. The van der Waals surface area contributed by atoms with Gasteiger partial charge in [0.1, 0.15) is 0 Å². The van der Waals surface area contributed by atoms with Crippen LogP contribution >= 0.6 is 0 Å². The highest BCUT2D eigenvalue weighted by atomic mass is 32.2. The zero-order valence-corrected chi connectivity index (χ0v) is 17.8. The van der Waals surface area contributed by atoms with Gasteiger partial charge in [-0.3, -0.25) is 4.79 Å². The zero-order valence-electron chi connectivity index (χ0n) is 16.2. The van der Waals surface area contributed by atoms with Gasteiger partial charge in [-0.05, 0) is 49.4 Å². The minimum Gasteiger partial charge on any atom is -0.368 e. The normalized spacial score (nSPS) is 15.4. The van der Waals surface area contributed by atoms with E-state index in [1.54, 1.807) is 12.1 Å². The molecule has 8 nitrogen and oxygen atoms in total. The first kappa shape index (κ1) is 21.3. The molecule has 29 heavy (non-hydrogen) atoms. The van der Waals surface area contributed by atoms with E-state index in [9.17, 15) is 21.6 Å². The van der Waals surface area contributed by atoms with Crippen molar-refractivity contribution in [3.05, 3.63) is 48.0 Å². The van der Waals surface area contributed by atoms with Gasteiger partial charge >= 0.3 is 0 Å². The van der Waals surface area contributed by atoms with Crippen LogP contribution in [-0.4, -0.2) is 55.1 Å². The number of rotatable bonds is 5. The van der Waals surface area contributed by atoms with Crippen LogP contribution in [-0.2, 0) is 19.9 Å². The summed E-state index contributed by atoms with van der Waals surface area (Å²) < 4.78 is 47.7. The van der Waals surface area contributed by atoms with Crippen molar-refractivity contribution >= 4 is 37.0 Å². The average molecular weight is 438 g/mol. The Morgan fingerprint density at radius 2 is 1.45 bits per heavy atom. The van der Waals surface area contributed by atoms with Crippen molar-refractivity contribution in [1.29, 1.82) is 0 Å². The molecule has 1 aliphatic rings. The molecule has 0 radical (unpaired) electrons. The lowest BCUT2D eigenvalue weighted by atomic mass is 10.1. The van der Waals surface area contributed by atoms with Crippen molar-refractivity contribution in [2.75, 3.05) is 42.2 Å². The molecule has 10 heteroatoms. The quantitative estimate of drug-likeness (QED) is 0.700. The number of anilines is 2. The molecule has 2 aromatic rings. The summed E-state index contributed by atoms with van der Waals surface area (Å²) in [5.74, 6) is 0.0117. The highest BCUT2D eigenvalue weighted by Gasteiger charge is 2.24. The molecule has 1 fully saturated rings. The lowest BCUT2D eigenvalue weighted by Gasteiger charge is -2.38. The highest BCUT2D eigenvalue weighted by Crippen LogP contribution is 2.29. The van der Waals surface area contributed by atoms with Gasteiger partial charge in [0.25, 0.3) is 0 Å². The number of hydrogen-bond donors (Lipinski definition) is 1. The summed E-state index contributed by atoms with van der Waals surface area (Å²) in [6.45, 7) is 3.95. The number of sulfonamides is 1. The number of piperazine rings is 1. The minimum absolute atomic E-state index is 0.0117. The second-order valence-corrected chi connectivity index (χ2v) is 10.6. The molecular weight excluding hydrogens is 414 g/mol. The van der Waals surface area contributed by atoms with E-state index in [1.165, 1.54) is 19.1 Å². The number of ketones is 1. The summed E-state index contributed by atoms with van der Waals surface area (Å²) in [5.41, 5.74) is 2.11. The number of sulfone groups is 1. The van der Waals surface area contributed by atoms with E-state index in [0.717, 1.165) is 18.0 Å². The van der Waals surface area contributed by atoms with E-state index >= 15 is 0 Å². The number of primary sulfonamides is 1. The Kier molecular flexibility index (Phi) is 5.70. The molecule has 1 heterocycles. The van der Waals surface area contributed by atoms with Crippen LogP contribution in [0.3, 0.4) is 0 Å². The van der Waals surface area contributed by atoms with E-state index in [2.05, 4.69) is 4.90 Å². The fourth-order valence-electron chi connectivity index (χ4n) is 3.34. The van der Waals surface area contributed by atoms with Gasteiger partial charge in [-0.1, -0.05) is 0 Å². The third-order valence-corrected chi connectivity index (χ3v) is 6.96. The zero-order chi connectivity index (χ0) is 21.4. The minimum atomic E-state index is -4.00. The lowest BCUT2D eigenvalue weighted by molar-refractivity contribution is 0.101. The van der Waals surface area contributed by atoms with Crippen LogP contribution in [0.4, 0.5) is 11.4 Å². The molecule has 0 unspecified atom stereocenters. The first-order valence-electron chi connectivity index (χ1n) is 8.94. The van der Waals surface area contributed by atoms with Crippen LogP contribution in [0.2, 0.25) is 0 Å². The largest absolute Gasteiger partial charge is 0.368 e. The summed E-state index contributed by atoms with van der Waals surface area (Å²) >= 11 is 0. The van der Waals surface area contributed by atoms with Crippen LogP contribution < -0.4 is 14.9 Å². The third kappa shape index (κ3) is 4.77. The average Bonchev–Trinajstić information content (AvgIpc) is 2.66. The Balaban J connectivity index is 1.82. The smallest absolute Gasteiger partial charge is 0.238 e. The first-order valence-corrected chi connectivity index (χ1v) is 12.4. The topological polar surface area (TPSA) is 118 Å². The second-order valence-electron chi connectivity index (χ2n) is 7.02. The van der Waals surface area contributed by atoms with Crippen LogP contribution in [0, 0.1) is 0 Å². The van der Waals surface area contributed by atoms with E-state index in [1.807, 2.05) is 17.0 Å². The molecule has 2 aromatic carbocycles. The maximum atomic E-state index is 12.2. The number of nitrogens with zero attached hydrogens (tertiary/aromatic N) is 2. The molecule has 0 atom stereocenters. The summed E-state index contributed by atoms with van der Waals surface area (Å²) in [6.07, 6.45) is 1.05. The van der Waals surface area contributed by atoms with Crippen molar-refractivity contribution in [2.45, 2.75) is 16.7 Å². The molecular formula is C19H23N3O5S2. The van der Waals surface area contributed by atoms with Gasteiger partial charge in [0, 0.05) is 43.7 Å². The van der Waals surface area contributed by atoms with E-state index in [0.29, 0.717) is 37.4 Å². The van der Waals surface area contributed by atoms with Gasteiger partial charge in [0.2, 0.25) is 10.0 Å². The molecule has 0 saturated carbocycles. The van der Waals surface area contributed by atoms with Crippen molar-refractivity contribution in [3.8, 4) is 0 Å². The van der Waals surface area contributed by atoms with Crippen LogP contribution in [0.1, 0.15) is 17.3 Å². The van der Waals surface area contributed by atoms with Gasteiger partial charge in [-0.25, -0.2) is 22.0 Å². The number of nitrogens with two attached hydrogens (primary N) is 1. The van der Waals surface area contributed by atoms with Crippen LogP contribution in [0.15, 0.2) is 52.3 Å². The fourth-order valence-corrected chi connectivity index (χ4v) is 4.87. The maximum absolute atomic E-state index is 12.2. The molecule has 0 bridgehead atoms. The number of hydrogen-bond acceptors (Lipinski definition) is 7. The van der Waals surface area contributed by atoms with Crippen molar-refractivity contribution in [3.63, 3.8) is 0 Å². The number of benzene rings is 2. The Morgan fingerprint density at radius 3 is 1.93 bits per heavy atom. The van der Waals surface area contributed by atoms with E-state index < -0.39 is 19.9 Å². The number of carbonyl (C=O) groups is 1. The highest BCUT2D eigenvalue weighted by molar-refractivity contribution is 7.91. The Hall–Kier alpha value is -2.43. The molecule has 0 spiro atoms. The summed E-state index contributed by atoms with van der Waals surface area (Å²) in [4.78, 5) is 15.2. The molecule has 0 aromatic heterocycles. The van der Waals surface area contributed by atoms with Gasteiger partial charge in [-0.15, -0.1) is 0 Å². The van der Waals surface area contributed by atoms with E-state index in [4.69, 9.17) is 5.14 Å². The Morgan fingerprint density at radius 1 is 0.897 bits per heavy atom. The van der Waals surface area contributed by atoms with Gasteiger partial charge in [-0.2, -0.15) is 0 Å².